The molecule has 1 aliphatic rings. The van der Waals surface area contributed by atoms with Gasteiger partial charge in [0.1, 0.15) is 5.82 Å². The van der Waals surface area contributed by atoms with Crippen LogP contribution in [0.15, 0.2) is 24.3 Å². The van der Waals surface area contributed by atoms with E-state index in [-0.39, 0.29) is 5.82 Å². The van der Waals surface area contributed by atoms with Gasteiger partial charge in [0.2, 0.25) is 0 Å². The monoisotopic (exact) mass is 310 g/mol. The third-order valence-corrected chi connectivity index (χ3v) is 4.41. The number of benzene rings is 1. The van der Waals surface area contributed by atoms with Gasteiger partial charge in [-0.2, -0.15) is 0 Å². The van der Waals surface area contributed by atoms with E-state index in [0.29, 0.717) is 10.8 Å². The van der Waals surface area contributed by atoms with E-state index in [9.17, 15) is 4.39 Å². The van der Waals surface area contributed by atoms with Crippen molar-refractivity contribution in [1.29, 1.82) is 0 Å². The number of para-hydroxylation sites is 1. The third kappa shape index (κ3) is 5.25. The number of halogens is 1. The van der Waals surface area contributed by atoms with Crippen LogP contribution in [-0.4, -0.2) is 30.8 Å². The molecule has 0 aromatic heterocycles. The molecule has 2 atom stereocenters. The van der Waals surface area contributed by atoms with E-state index in [1.807, 2.05) is 0 Å². The number of hydrogen-bond acceptors (Lipinski definition) is 1. The first-order chi connectivity index (χ1) is 10.2. The summed E-state index contributed by atoms with van der Waals surface area (Å²) in [5.41, 5.74) is 0.422. The number of anilines is 1. The maximum absolute atomic E-state index is 13.5. The highest BCUT2D eigenvalue weighted by Crippen LogP contribution is 2.11. The van der Waals surface area contributed by atoms with E-state index in [0.717, 1.165) is 19.0 Å². The first kappa shape index (κ1) is 16.2. The van der Waals surface area contributed by atoms with Crippen molar-refractivity contribution in [3.63, 3.8) is 0 Å². The number of piperidine rings is 1. The predicted octanol–water partition coefficient (Wildman–Crippen LogP) is 1.96. The van der Waals surface area contributed by atoms with Crippen LogP contribution in [0.2, 0.25) is 0 Å². The van der Waals surface area contributed by atoms with E-state index in [2.05, 4.69) is 17.6 Å². The van der Waals surface area contributed by atoms with Crippen LogP contribution in [0.25, 0.3) is 0 Å². The van der Waals surface area contributed by atoms with Crippen LogP contribution in [0.1, 0.15) is 32.6 Å². The van der Waals surface area contributed by atoms with Crippen LogP contribution in [0, 0.1) is 5.82 Å². The van der Waals surface area contributed by atoms with E-state index >= 15 is 0 Å². The van der Waals surface area contributed by atoms with Crippen LogP contribution >= 0.6 is 12.2 Å². The second-order valence-electron chi connectivity index (χ2n) is 5.77. The average molecular weight is 310 g/mol. The Bertz CT molecular complexity index is 467. The SMILES string of the molecule is C[C@@H]1CCCC[NH+]1CCCNC(=S)Nc1ccccc1F. The van der Waals surface area contributed by atoms with E-state index < -0.39 is 0 Å². The summed E-state index contributed by atoms with van der Waals surface area (Å²) in [7, 11) is 0. The van der Waals surface area contributed by atoms with E-state index in [4.69, 9.17) is 12.2 Å². The average Bonchev–Trinajstić information content (AvgIpc) is 2.48. The fourth-order valence-corrected chi connectivity index (χ4v) is 3.08. The predicted molar refractivity (Wildman–Crippen MR) is 89.3 cm³/mol. The fourth-order valence-electron chi connectivity index (χ4n) is 2.87. The minimum absolute atomic E-state index is 0.284. The molecule has 0 saturated carbocycles. The van der Waals surface area contributed by atoms with Gasteiger partial charge < -0.3 is 15.5 Å². The Kier molecular flexibility index (Phi) is 6.39. The molecule has 1 heterocycles. The summed E-state index contributed by atoms with van der Waals surface area (Å²) >= 11 is 5.19. The summed E-state index contributed by atoms with van der Waals surface area (Å²) in [4.78, 5) is 1.70. The molecule has 1 unspecified atom stereocenters. The van der Waals surface area contributed by atoms with Crippen LogP contribution in [-0.2, 0) is 0 Å². The van der Waals surface area contributed by atoms with Gasteiger partial charge in [-0.25, -0.2) is 4.39 Å². The van der Waals surface area contributed by atoms with Gasteiger partial charge in [0.15, 0.2) is 5.11 Å². The summed E-state index contributed by atoms with van der Waals surface area (Å²) in [5.74, 6) is -0.284. The highest BCUT2D eigenvalue weighted by Gasteiger charge is 2.20. The minimum atomic E-state index is -0.284. The van der Waals surface area contributed by atoms with E-state index in [1.165, 1.54) is 38.4 Å². The lowest BCUT2D eigenvalue weighted by Gasteiger charge is -2.30. The van der Waals surface area contributed by atoms with Gasteiger partial charge in [0.05, 0.1) is 24.8 Å². The molecule has 1 aromatic carbocycles. The van der Waals surface area contributed by atoms with Gasteiger partial charge in [-0.3, -0.25) is 0 Å². The van der Waals surface area contributed by atoms with Crippen molar-refractivity contribution in [2.75, 3.05) is 25.0 Å². The molecule has 1 saturated heterocycles. The van der Waals surface area contributed by atoms with Crippen molar-refractivity contribution in [1.82, 2.24) is 5.32 Å². The Balaban J connectivity index is 1.64. The van der Waals surface area contributed by atoms with Gasteiger partial charge in [-0.05, 0) is 50.5 Å². The van der Waals surface area contributed by atoms with Gasteiger partial charge in [-0.1, -0.05) is 12.1 Å². The quantitative estimate of drug-likeness (QED) is 0.573. The van der Waals surface area contributed by atoms with Crippen molar-refractivity contribution < 1.29 is 9.29 Å². The van der Waals surface area contributed by atoms with Crippen LogP contribution in [0.4, 0.5) is 10.1 Å². The number of thiocarbonyl (C=S) groups is 1. The number of rotatable bonds is 5. The van der Waals surface area contributed by atoms with E-state index in [1.54, 1.807) is 23.1 Å². The van der Waals surface area contributed by atoms with Crippen molar-refractivity contribution in [3.05, 3.63) is 30.1 Å². The molecule has 2 rings (SSSR count). The first-order valence-corrected chi connectivity index (χ1v) is 8.21. The van der Waals surface area contributed by atoms with Gasteiger partial charge in [0.25, 0.3) is 0 Å². The summed E-state index contributed by atoms with van der Waals surface area (Å²) < 4.78 is 13.5. The molecule has 0 bridgehead atoms. The number of nitrogens with one attached hydrogen (secondary N) is 3. The molecule has 1 fully saturated rings. The molecular formula is C16H25FN3S+. The van der Waals surface area contributed by atoms with Crippen molar-refractivity contribution in [2.45, 2.75) is 38.6 Å². The summed E-state index contributed by atoms with van der Waals surface area (Å²) in [6.45, 7) is 5.64. The molecule has 116 valence electrons. The second-order valence-corrected chi connectivity index (χ2v) is 6.18. The molecular weight excluding hydrogens is 285 g/mol. The highest BCUT2D eigenvalue weighted by molar-refractivity contribution is 7.80. The zero-order chi connectivity index (χ0) is 15.1. The van der Waals surface area contributed by atoms with Gasteiger partial charge in [0, 0.05) is 13.0 Å². The Hall–Kier alpha value is -1.20. The first-order valence-electron chi connectivity index (χ1n) is 7.81. The standard InChI is InChI=1S/C16H24FN3S/c1-13-7-4-5-11-20(13)12-6-10-18-16(21)19-15-9-3-2-8-14(15)17/h2-3,8-9,13H,4-7,10-12H2,1H3,(H2,18,19,21)/p+1/t13-/m1/s1. The smallest absolute Gasteiger partial charge is 0.170 e. The summed E-state index contributed by atoms with van der Waals surface area (Å²) in [6, 6.07) is 7.34. The Morgan fingerprint density at radius 3 is 2.95 bits per heavy atom. The van der Waals surface area contributed by atoms with Crippen molar-refractivity contribution in [3.8, 4) is 0 Å². The lowest BCUT2D eigenvalue weighted by Crippen LogP contribution is -3.16. The molecule has 0 radical (unpaired) electrons. The topological polar surface area (TPSA) is 28.5 Å². The number of quaternary nitrogens is 1. The van der Waals surface area contributed by atoms with Crippen molar-refractivity contribution >= 4 is 23.0 Å². The third-order valence-electron chi connectivity index (χ3n) is 4.16. The van der Waals surface area contributed by atoms with Gasteiger partial charge >= 0.3 is 0 Å². The molecule has 1 aromatic rings. The van der Waals surface area contributed by atoms with Crippen LogP contribution < -0.4 is 15.5 Å². The van der Waals surface area contributed by atoms with Crippen LogP contribution in [0.3, 0.4) is 0 Å². The number of likely N-dealkylation sites (tertiary alicyclic amines) is 1. The molecule has 1 aliphatic heterocycles. The summed E-state index contributed by atoms with van der Waals surface area (Å²) in [6.07, 6.45) is 5.15. The van der Waals surface area contributed by atoms with Gasteiger partial charge in [-0.15, -0.1) is 0 Å². The molecule has 0 aliphatic carbocycles. The maximum Gasteiger partial charge on any atom is 0.170 e. The maximum atomic E-state index is 13.5. The molecule has 0 amide bonds. The molecule has 0 spiro atoms. The lowest BCUT2D eigenvalue weighted by atomic mass is 10.0. The van der Waals surface area contributed by atoms with Crippen LogP contribution in [0.5, 0.6) is 0 Å². The molecule has 3 N–H and O–H groups in total. The largest absolute Gasteiger partial charge is 0.362 e. The Morgan fingerprint density at radius 2 is 2.19 bits per heavy atom. The molecule has 21 heavy (non-hydrogen) atoms. The fraction of sp³-hybridized carbons (Fsp3) is 0.562. The molecule has 3 nitrogen and oxygen atoms in total. The number of hydrogen-bond donors (Lipinski definition) is 3. The Labute approximate surface area is 131 Å². The lowest BCUT2D eigenvalue weighted by molar-refractivity contribution is -0.928. The summed E-state index contributed by atoms with van der Waals surface area (Å²) in [5, 5.41) is 6.54. The minimum Gasteiger partial charge on any atom is -0.362 e. The normalized spacial score (nSPS) is 21.8. The highest BCUT2D eigenvalue weighted by atomic mass is 32.1. The second kappa shape index (κ2) is 8.29. The zero-order valence-electron chi connectivity index (χ0n) is 12.6. The Morgan fingerprint density at radius 1 is 1.38 bits per heavy atom. The molecule has 5 heteroatoms. The zero-order valence-corrected chi connectivity index (χ0v) is 13.4. The van der Waals surface area contributed by atoms with Crippen molar-refractivity contribution in [2.24, 2.45) is 0 Å².